The van der Waals surface area contributed by atoms with Gasteiger partial charge in [-0.05, 0) is 62.2 Å². The van der Waals surface area contributed by atoms with Crippen molar-refractivity contribution in [1.82, 2.24) is 14.5 Å². The number of carbonyl (C=O) groups excluding carboxylic acids is 1. The molecule has 0 N–H and O–H groups in total. The Bertz CT molecular complexity index is 1180. The summed E-state index contributed by atoms with van der Waals surface area (Å²) in [6.45, 7) is 5.60. The first-order valence-corrected chi connectivity index (χ1v) is 11.9. The van der Waals surface area contributed by atoms with Crippen molar-refractivity contribution >= 4 is 28.4 Å². The van der Waals surface area contributed by atoms with Gasteiger partial charge in [0.05, 0.1) is 23.6 Å². The van der Waals surface area contributed by atoms with Gasteiger partial charge >= 0.3 is 0 Å². The van der Waals surface area contributed by atoms with Gasteiger partial charge in [-0.3, -0.25) is 14.2 Å². The van der Waals surface area contributed by atoms with E-state index in [-0.39, 0.29) is 11.5 Å². The lowest BCUT2D eigenvalue weighted by atomic mass is 10.1. The number of hydrogen-bond acceptors (Lipinski definition) is 5. The second kappa shape index (κ2) is 12.0. The number of aromatic nitrogens is 2. The van der Waals surface area contributed by atoms with Crippen LogP contribution < -0.4 is 10.3 Å². The highest BCUT2D eigenvalue weighted by Crippen LogP contribution is 2.24. The number of methoxy groups -OCH3 is 1. The molecule has 0 bridgehead atoms. The van der Waals surface area contributed by atoms with Crippen LogP contribution in [0.1, 0.15) is 55.3 Å². The monoisotopic (exact) mass is 485 g/mol. The summed E-state index contributed by atoms with van der Waals surface area (Å²) < 4.78 is 12.4. The molecule has 7 nitrogen and oxygen atoms in total. The molecule has 1 aromatic heterocycles. The van der Waals surface area contributed by atoms with E-state index in [1.54, 1.807) is 49.4 Å². The minimum atomic E-state index is -0.453. The van der Waals surface area contributed by atoms with E-state index >= 15 is 0 Å². The first-order valence-electron chi connectivity index (χ1n) is 11.6. The fourth-order valence-electron chi connectivity index (χ4n) is 3.82. The quantitative estimate of drug-likeness (QED) is 0.357. The minimum Gasteiger partial charge on any atom is -0.494 e. The molecule has 3 aromatic rings. The van der Waals surface area contributed by atoms with E-state index in [1.807, 2.05) is 19.1 Å². The minimum absolute atomic E-state index is 0.149. The highest BCUT2D eigenvalue weighted by molar-refractivity contribution is 6.31. The average molecular weight is 486 g/mol. The van der Waals surface area contributed by atoms with Gasteiger partial charge in [0.15, 0.2) is 0 Å². The van der Waals surface area contributed by atoms with E-state index in [0.29, 0.717) is 53.5 Å². The molecule has 0 saturated carbocycles. The SMILES string of the molecule is CCCCOc1ccc(C(=O)N(CCCOC)C(C)c2nc3cc(Cl)ccc3c(=O)n2C)cc1. The molecule has 2 aromatic carbocycles. The molecule has 1 atom stereocenters. The molecule has 1 unspecified atom stereocenters. The molecule has 0 aliphatic heterocycles. The van der Waals surface area contributed by atoms with Gasteiger partial charge in [-0.25, -0.2) is 4.98 Å². The Labute approximate surface area is 205 Å². The molecule has 0 aliphatic rings. The van der Waals surface area contributed by atoms with Crippen molar-refractivity contribution in [3.63, 3.8) is 0 Å². The molecule has 0 fully saturated rings. The van der Waals surface area contributed by atoms with Gasteiger partial charge in [-0.15, -0.1) is 0 Å². The van der Waals surface area contributed by atoms with Gasteiger partial charge < -0.3 is 14.4 Å². The maximum atomic E-state index is 13.5. The summed E-state index contributed by atoms with van der Waals surface area (Å²) in [4.78, 5) is 33.0. The maximum Gasteiger partial charge on any atom is 0.261 e. The van der Waals surface area contributed by atoms with E-state index in [2.05, 4.69) is 6.92 Å². The first-order chi connectivity index (χ1) is 16.4. The number of benzene rings is 2. The topological polar surface area (TPSA) is 73.7 Å². The second-order valence-electron chi connectivity index (χ2n) is 8.24. The van der Waals surface area contributed by atoms with Crippen molar-refractivity contribution in [2.45, 2.75) is 39.2 Å². The number of nitrogens with zero attached hydrogens (tertiary/aromatic N) is 3. The summed E-state index contributed by atoms with van der Waals surface area (Å²) in [6, 6.07) is 11.7. The molecule has 182 valence electrons. The number of rotatable bonds is 11. The van der Waals surface area contributed by atoms with Crippen LogP contribution in [0.5, 0.6) is 5.75 Å². The van der Waals surface area contributed by atoms with Crippen molar-refractivity contribution in [1.29, 1.82) is 0 Å². The number of fused-ring (bicyclic) bond motifs is 1. The van der Waals surface area contributed by atoms with Crippen LogP contribution in [-0.2, 0) is 11.8 Å². The number of halogens is 1. The van der Waals surface area contributed by atoms with E-state index in [1.165, 1.54) is 4.57 Å². The molecule has 1 heterocycles. The first kappa shape index (κ1) is 25.7. The van der Waals surface area contributed by atoms with Crippen molar-refractivity contribution in [3.05, 3.63) is 69.2 Å². The molecular weight excluding hydrogens is 454 g/mol. The lowest BCUT2D eigenvalue weighted by Gasteiger charge is -2.30. The zero-order valence-electron chi connectivity index (χ0n) is 20.2. The van der Waals surface area contributed by atoms with Crippen molar-refractivity contribution in [2.24, 2.45) is 7.05 Å². The van der Waals surface area contributed by atoms with Gasteiger partial charge in [-0.1, -0.05) is 24.9 Å². The molecule has 34 heavy (non-hydrogen) atoms. The normalized spacial score (nSPS) is 12.0. The molecule has 1 amide bonds. The zero-order chi connectivity index (χ0) is 24.7. The van der Waals surface area contributed by atoms with E-state index < -0.39 is 6.04 Å². The lowest BCUT2D eigenvalue weighted by molar-refractivity contribution is 0.0656. The predicted molar refractivity (Wildman–Crippen MR) is 135 cm³/mol. The summed E-state index contributed by atoms with van der Waals surface area (Å²) in [5.41, 5.74) is 0.873. The third-order valence-corrected chi connectivity index (χ3v) is 6.03. The van der Waals surface area contributed by atoms with Gasteiger partial charge in [0.25, 0.3) is 11.5 Å². The van der Waals surface area contributed by atoms with Gasteiger partial charge in [0.1, 0.15) is 11.6 Å². The Hall–Kier alpha value is -2.90. The third kappa shape index (κ3) is 5.96. The lowest BCUT2D eigenvalue weighted by Crippen LogP contribution is -2.38. The average Bonchev–Trinajstić information content (AvgIpc) is 2.84. The van der Waals surface area contributed by atoms with Crippen molar-refractivity contribution in [3.8, 4) is 5.75 Å². The second-order valence-corrected chi connectivity index (χ2v) is 8.68. The Kier molecular flexibility index (Phi) is 9.07. The maximum absolute atomic E-state index is 13.5. The largest absolute Gasteiger partial charge is 0.494 e. The molecule has 0 aliphatic carbocycles. The fraction of sp³-hybridized carbons (Fsp3) is 0.423. The number of ether oxygens (including phenoxy) is 2. The van der Waals surface area contributed by atoms with Crippen LogP contribution in [0.3, 0.4) is 0 Å². The molecular formula is C26H32ClN3O4. The highest BCUT2D eigenvalue weighted by atomic mass is 35.5. The van der Waals surface area contributed by atoms with Crippen LogP contribution in [0.15, 0.2) is 47.3 Å². The number of unbranched alkanes of at least 4 members (excludes halogenated alkanes) is 1. The zero-order valence-corrected chi connectivity index (χ0v) is 21.0. The van der Waals surface area contributed by atoms with Gasteiger partial charge in [0.2, 0.25) is 0 Å². The van der Waals surface area contributed by atoms with Crippen molar-refractivity contribution < 1.29 is 14.3 Å². The van der Waals surface area contributed by atoms with Gasteiger partial charge in [-0.2, -0.15) is 0 Å². The summed E-state index contributed by atoms with van der Waals surface area (Å²) in [5.74, 6) is 1.08. The van der Waals surface area contributed by atoms with Crippen LogP contribution in [0, 0.1) is 0 Å². The number of hydrogen-bond donors (Lipinski definition) is 0. The van der Waals surface area contributed by atoms with Crippen LogP contribution in [0.4, 0.5) is 0 Å². The van der Waals surface area contributed by atoms with E-state index in [4.69, 9.17) is 26.1 Å². The molecule has 0 saturated heterocycles. The van der Waals surface area contributed by atoms with E-state index in [0.717, 1.165) is 18.6 Å². The molecule has 8 heteroatoms. The molecule has 0 spiro atoms. The summed E-state index contributed by atoms with van der Waals surface area (Å²) in [6.07, 6.45) is 2.69. The summed E-state index contributed by atoms with van der Waals surface area (Å²) in [5, 5.41) is 0.986. The van der Waals surface area contributed by atoms with Crippen LogP contribution in [0.2, 0.25) is 5.02 Å². The fourth-order valence-corrected chi connectivity index (χ4v) is 3.98. The van der Waals surface area contributed by atoms with Crippen LogP contribution in [0.25, 0.3) is 10.9 Å². The Morgan fingerprint density at radius 2 is 1.88 bits per heavy atom. The Morgan fingerprint density at radius 1 is 1.15 bits per heavy atom. The number of carbonyl (C=O) groups is 1. The van der Waals surface area contributed by atoms with Crippen LogP contribution in [-0.4, -0.2) is 47.2 Å². The summed E-state index contributed by atoms with van der Waals surface area (Å²) >= 11 is 6.14. The summed E-state index contributed by atoms with van der Waals surface area (Å²) in [7, 11) is 3.31. The smallest absolute Gasteiger partial charge is 0.261 e. The van der Waals surface area contributed by atoms with E-state index in [9.17, 15) is 9.59 Å². The van der Waals surface area contributed by atoms with Gasteiger partial charge in [0, 0.05) is 37.9 Å². The Morgan fingerprint density at radius 3 is 2.56 bits per heavy atom. The molecule has 0 radical (unpaired) electrons. The molecule has 3 rings (SSSR count). The number of amides is 1. The predicted octanol–water partition coefficient (Wildman–Crippen LogP) is 5.01. The highest BCUT2D eigenvalue weighted by Gasteiger charge is 2.26. The third-order valence-electron chi connectivity index (χ3n) is 5.79. The standard InChI is InChI=1S/C26H32ClN3O4/c1-5-6-16-34-21-11-8-19(9-12-21)25(31)30(14-7-15-33-4)18(2)24-28-23-17-20(27)10-13-22(23)26(32)29(24)3/h8-13,17-18H,5-7,14-16H2,1-4H3. The Balaban J connectivity index is 1.93. The van der Waals surface area contributed by atoms with Crippen LogP contribution >= 0.6 is 11.6 Å². The van der Waals surface area contributed by atoms with Crippen molar-refractivity contribution in [2.75, 3.05) is 26.9 Å².